The monoisotopic (exact) mass is 287 g/mol. The number of nitrogens with one attached hydrogen (secondary N) is 1. The molecule has 1 amide bonds. The Labute approximate surface area is 125 Å². The molecule has 0 saturated carbocycles. The highest BCUT2D eigenvalue weighted by atomic mass is 16.3. The number of amides is 1. The molecule has 112 valence electrons. The summed E-state index contributed by atoms with van der Waals surface area (Å²) in [7, 11) is 0. The Kier molecular flexibility index (Phi) is 4.81. The Balaban J connectivity index is 1.93. The average molecular weight is 287 g/mol. The van der Waals surface area contributed by atoms with Crippen LogP contribution in [-0.4, -0.2) is 12.5 Å². The number of furan rings is 1. The molecule has 0 fully saturated rings. The third-order valence-corrected chi connectivity index (χ3v) is 3.59. The van der Waals surface area contributed by atoms with Gasteiger partial charge in [0.05, 0.1) is 6.26 Å². The van der Waals surface area contributed by atoms with Gasteiger partial charge in [0.25, 0.3) is 5.91 Å². The molecule has 0 radical (unpaired) electrons. The van der Waals surface area contributed by atoms with E-state index in [4.69, 9.17) is 4.42 Å². The van der Waals surface area contributed by atoms with E-state index in [2.05, 4.69) is 24.4 Å². The normalized spacial score (nSPS) is 12.2. The summed E-state index contributed by atoms with van der Waals surface area (Å²) in [6.07, 6.45) is 1.65. The molecule has 0 bridgehead atoms. The number of rotatable bonds is 5. The topological polar surface area (TPSA) is 58.9 Å². The van der Waals surface area contributed by atoms with Crippen molar-refractivity contribution in [1.29, 1.82) is 0 Å². The van der Waals surface area contributed by atoms with Crippen LogP contribution in [0.3, 0.4) is 0 Å². The Morgan fingerprint density at radius 2 is 1.95 bits per heavy atom. The van der Waals surface area contributed by atoms with Gasteiger partial charge in [0, 0.05) is 5.69 Å². The van der Waals surface area contributed by atoms with Crippen LogP contribution in [0.2, 0.25) is 0 Å². The fourth-order valence-electron chi connectivity index (χ4n) is 2.52. The maximum Gasteiger partial charge on any atom is 0.279 e. The third kappa shape index (κ3) is 3.95. The summed E-state index contributed by atoms with van der Waals surface area (Å²) < 4.78 is 5.33. The lowest BCUT2D eigenvalue weighted by Gasteiger charge is -2.13. The van der Waals surface area contributed by atoms with E-state index in [1.54, 1.807) is 6.26 Å². The number of hydrogen-bond donors (Lipinski definition) is 2. The molecule has 0 aliphatic heterocycles. The summed E-state index contributed by atoms with van der Waals surface area (Å²) in [4.78, 5) is 12.1. The highest BCUT2D eigenvalue weighted by molar-refractivity contribution is 5.93. The first-order valence-electron chi connectivity index (χ1n) is 7.22. The van der Waals surface area contributed by atoms with E-state index < -0.39 is 0 Å². The van der Waals surface area contributed by atoms with Gasteiger partial charge in [0.15, 0.2) is 12.3 Å². The molecular formula is C17H23N2O2+. The minimum Gasteiger partial charge on any atom is -0.463 e. The molecule has 1 heterocycles. The van der Waals surface area contributed by atoms with Gasteiger partial charge in [-0.1, -0.05) is 17.7 Å². The van der Waals surface area contributed by atoms with E-state index in [0.717, 1.165) is 22.6 Å². The van der Waals surface area contributed by atoms with Crippen LogP contribution in [0.5, 0.6) is 0 Å². The van der Waals surface area contributed by atoms with Crippen LogP contribution in [0.4, 0.5) is 5.69 Å². The van der Waals surface area contributed by atoms with Crippen molar-refractivity contribution < 1.29 is 14.5 Å². The van der Waals surface area contributed by atoms with Crippen LogP contribution in [-0.2, 0) is 4.79 Å². The molecule has 0 spiro atoms. The third-order valence-electron chi connectivity index (χ3n) is 3.59. The molecule has 3 N–H and O–H groups in total. The molecule has 0 aliphatic carbocycles. The predicted octanol–water partition coefficient (Wildman–Crippen LogP) is 2.47. The molecule has 1 aromatic carbocycles. The first-order chi connectivity index (χ1) is 9.97. The maximum absolute atomic E-state index is 12.1. The quantitative estimate of drug-likeness (QED) is 0.887. The van der Waals surface area contributed by atoms with Crippen molar-refractivity contribution in [1.82, 2.24) is 0 Å². The van der Waals surface area contributed by atoms with Crippen LogP contribution in [0.1, 0.15) is 35.4 Å². The molecule has 0 saturated heterocycles. The zero-order valence-corrected chi connectivity index (χ0v) is 13.1. The first kappa shape index (κ1) is 15.3. The van der Waals surface area contributed by atoms with Gasteiger partial charge in [-0.2, -0.15) is 0 Å². The maximum atomic E-state index is 12.1. The summed E-state index contributed by atoms with van der Waals surface area (Å²) in [5, 5.41) is 4.97. The van der Waals surface area contributed by atoms with E-state index in [9.17, 15) is 4.79 Å². The van der Waals surface area contributed by atoms with E-state index in [0.29, 0.717) is 6.54 Å². The number of quaternary nitrogens is 1. The molecule has 2 rings (SSSR count). The number of hydrogen-bond acceptors (Lipinski definition) is 2. The van der Waals surface area contributed by atoms with Crippen molar-refractivity contribution in [3.8, 4) is 0 Å². The molecular weight excluding hydrogens is 264 g/mol. The molecule has 21 heavy (non-hydrogen) atoms. The lowest BCUT2D eigenvalue weighted by molar-refractivity contribution is -0.684. The average Bonchev–Trinajstić information content (AvgIpc) is 2.94. The molecule has 4 nitrogen and oxygen atoms in total. The summed E-state index contributed by atoms with van der Waals surface area (Å²) in [6, 6.07) is 8.08. The Morgan fingerprint density at radius 3 is 2.52 bits per heavy atom. The van der Waals surface area contributed by atoms with E-state index in [-0.39, 0.29) is 11.9 Å². The highest BCUT2D eigenvalue weighted by Gasteiger charge is 2.15. The second kappa shape index (κ2) is 6.59. The molecule has 0 aliphatic rings. The number of carbonyl (C=O) groups is 1. The molecule has 2 aromatic rings. The van der Waals surface area contributed by atoms with Crippen LogP contribution < -0.4 is 10.6 Å². The summed E-state index contributed by atoms with van der Waals surface area (Å²) >= 11 is 0. The van der Waals surface area contributed by atoms with Gasteiger partial charge in [-0.15, -0.1) is 0 Å². The summed E-state index contributed by atoms with van der Waals surface area (Å²) in [6.45, 7) is 8.49. The Morgan fingerprint density at radius 1 is 1.29 bits per heavy atom. The largest absolute Gasteiger partial charge is 0.463 e. The van der Waals surface area contributed by atoms with Gasteiger partial charge in [-0.05, 0) is 51.0 Å². The zero-order valence-electron chi connectivity index (χ0n) is 13.1. The van der Waals surface area contributed by atoms with Crippen molar-refractivity contribution in [2.45, 2.75) is 33.7 Å². The molecule has 4 heteroatoms. The predicted molar refractivity (Wildman–Crippen MR) is 83.2 cm³/mol. The number of carbonyl (C=O) groups excluding carboxylic acids is 1. The minimum absolute atomic E-state index is 0.00320. The van der Waals surface area contributed by atoms with Gasteiger partial charge in [-0.3, -0.25) is 4.79 Å². The molecule has 0 unspecified atom stereocenters. The first-order valence-corrected chi connectivity index (χ1v) is 7.22. The standard InChI is InChI=1S/C17H22N2O2/c1-11-8-12(2)17(13(3)9-11)19-16(20)10-18-14(4)15-6-5-7-21-15/h5-9,14,18H,10H2,1-4H3,(H,19,20)/p+1/t14-/m0/s1. The van der Waals surface area contributed by atoms with E-state index >= 15 is 0 Å². The van der Waals surface area contributed by atoms with Gasteiger partial charge < -0.3 is 15.1 Å². The number of nitrogens with two attached hydrogens (primary N) is 1. The second-order valence-corrected chi connectivity index (χ2v) is 5.57. The van der Waals surface area contributed by atoms with Gasteiger partial charge >= 0.3 is 0 Å². The van der Waals surface area contributed by atoms with Crippen LogP contribution >= 0.6 is 0 Å². The number of benzene rings is 1. The molecule has 1 aromatic heterocycles. The van der Waals surface area contributed by atoms with E-state index in [1.807, 2.05) is 38.2 Å². The van der Waals surface area contributed by atoms with Crippen molar-refractivity contribution in [3.05, 3.63) is 53.0 Å². The van der Waals surface area contributed by atoms with Crippen molar-refractivity contribution in [3.63, 3.8) is 0 Å². The van der Waals surface area contributed by atoms with Gasteiger partial charge in [0.1, 0.15) is 6.04 Å². The molecule has 1 atom stereocenters. The Hall–Kier alpha value is -2.07. The SMILES string of the molecule is Cc1cc(C)c(NC(=O)C[NH2+][C@@H](C)c2ccco2)c(C)c1. The minimum atomic E-state index is 0.00320. The van der Waals surface area contributed by atoms with Crippen molar-refractivity contribution in [2.75, 3.05) is 11.9 Å². The number of anilines is 1. The zero-order chi connectivity index (χ0) is 15.4. The van der Waals surface area contributed by atoms with Gasteiger partial charge in [0.2, 0.25) is 0 Å². The van der Waals surface area contributed by atoms with Crippen molar-refractivity contribution in [2.24, 2.45) is 0 Å². The fourth-order valence-corrected chi connectivity index (χ4v) is 2.52. The number of aryl methyl sites for hydroxylation is 3. The summed E-state index contributed by atoms with van der Waals surface area (Å²) in [5.74, 6) is 0.883. The lowest BCUT2D eigenvalue weighted by Crippen LogP contribution is -2.86. The second-order valence-electron chi connectivity index (χ2n) is 5.57. The highest BCUT2D eigenvalue weighted by Crippen LogP contribution is 2.21. The van der Waals surface area contributed by atoms with Gasteiger partial charge in [-0.25, -0.2) is 0 Å². The van der Waals surface area contributed by atoms with Crippen molar-refractivity contribution >= 4 is 11.6 Å². The fraction of sp³-hybridized carbons (Fsp3) is 0.353. The van der Waals surface area contributed by atoms with Crippen LogP contribution in [0.25, 0.3) is 0 Å². The van der Waals surface area contributed by atoms with E-state index in [1.165, 1.54) is 5.56 Å². The summed E-state index contributed by atoms with van der Waals surface area (Å²) in [5.41, 5.74) is 4.32. The Bertz CT molecular complexity index is 595. The lowest BCUT2D eigenvalue weighted by atomic mass is 10.1. The van der Waals surface area contributed by atoms with Crippen LogP contribution in [0.15, 0.2) is 34.9 Å². The smallest absolute Gasteiger partial charge is 0.279 e. The van der Waals surface area contributed by atoms with Crippen LogP contribution in [0, 0.1) is 20.8 Å².